The molecule has 1 aliphatic rings. The van der Waals surface area contributed by atoms with Crippen molar-refractivity contribution in [3.63, 3.8) is 0 Å². The quantitative estimate of drug-likeness (QED) is 0.165. The van der Waals surface area contributed by atoms with Gasteiger partial charge in [0.15, 0.2) is 0 Å². The Bertz CT molecular complexity index is 2000. The first-order valence-electron chi connectivity index (χ1n) is 13.3. The number of Topliss-reactive ketones (excluding diaryl/α,β-unsaturated/α-hetero) is 2. The summed E-state index contributed by atoms with van der Waals surface area (Å²) in [4.78, 5) is 26.2. The van der Waals surface area contributed by atoms with Crippen molar-refractivity contribution < 1.29 is 9.59 Å². The number of ketones is 2. The molecule has 0 N–H and O–H groups in total. The van der Waals surface area contributed by atoms with Crippen molar-refractivity contribution in [2.45, 2.75) is 0 Å². The predicted molar refractivity (Wildman–Crippen MR) is 165 cm³/mol. The number of benzene rings is 5. The number of rotatable bonds is 0. The molecule has 0 radical (unpaired) electrons. The van der Waals surface area contributed by atoms with Crippen LogP contribution in [-0.4, -0.2) is 11.6 Å². The molecule has 0 spiro atoms. The highest BCUT2D eigenvalue weighted by Gasteiger charge is 2.18. The molecule has 6 rings (SSSR count). The molecular formula is C40H20O2. The minimum absolute atomic E-state index is 0.286. The Hall–Kier alpha value is -6.32. The molecule has 0 unspecified atom stereocenters. The fourth-order valence-electron chi connectivity index (χ4n) is 4.34. The van der Waals surface area contributed by atoms with Crippen LogP contribution >= 0.6 is 0 Å². The van der Waals surface area contributed by atoms with E-state index in [4.69, 9.17) is 0 Å². The van der Waals surface area contributed by atoms with Crippen LogP contribution in [0.5, 0.6) is 0 Å². The summed E-state index contributed by atoms with van der Waals surface area (Å²) >= 11 is 0. The number of hydrogen-bond donors (Lipinski definition) is 0. The highest BCUT2D eigenvalue weighted by molar-refractivity contribution is 6.49. The van der Waals surface area contributed by atoms with E-state index in [1.165, 1.54) is 0 Å². The summed E-state index contributed by atoms with van der Waals surface area (Å²) in [6.07, 6.45) is 0. The van der Waals surface area contributed by atoms with Crippen LogP contribution in [0.1, 0.15) is 65.2 Å². The van der Waals surface area contributed by atoms with Crippen LogP contribution in [0.15, 0.2) is 121 Å². The van der Waals surface area contributed by atoms with Gasteiger partial charge in [-0.05, 0) is 78.9 Å². The average Bonchev–Trinajstić information content (AvgIpc) is 3.04. The molecule has 0 heterocycles. The van der Waals surface area contributed by atoms with E-state index < -0.39 is 11.6 Å². The Balaban J connectivity index is 1.45. The average molecular weight is 533 g/mol. The van der Waals surface area contributed by atoms with E-state index in [0.717, 1.165) is 33.4 Å². The second kappa shape index (κ2) is 11.8. The number of hydrogen-bond acceptors (Lipinski definition) is 2. The third kappa shape index (κ3) is 6.28. The Kier molecular flexibility index (Phi) is 7.30. The van der Waals surface area contributed by atoms with Crippen LogP contribution in [0.4, 0.5) is 0 Å². The van der Waals surface area contributed by atoms with E-state index in [0.29, 0.717) is 11.1 Å². The summed E-state index contributed by atoms with van der Waals surface area (Å²) in [5, 5.41) is 0. The van der Waals surface area contributed by atoms with Gasteiger partial charge in [-0.3, -0.25) is 9.59 Å². The van der Waals surface area contributed by atoms with E-state index in [-0.39, 0.29) is 11.1 Å². The standard InChI is InChI=1S/C40H20O2/c41-39-37-14-4-12-35(27-37)22-20-33-10-2-8-31(25-33)18-16-29-6-1-7-30(24-29)17-19-32-9-3-11-34(26-32)21-23-36-13-5-15-38(28-36)40(39)42/h1-15,24-28H. The Morgan fingerprint density at radius 3 is 0.762 bits per heavy atom. The largest absolute Gasteiger partial charge is 0.285 e. The van der Waals surface area contributed by atoms with E-state index in [2.05, 4.69) is 47.4 Å². The summed E-state index contributed by atoms with van der Waals surface area (Å²) in [6, 6.07) is 36.8. The van der Waals surface area contributed by atoms with Crippen molar-refractivity contribution >= 4 is 11.6 Å². The zero-order valence-corrected chi connectivity index (χ0v) is 22.4. The van der Waals surface area contributed by atoms with E-state index in [1.807, 2.05) is 84.9 Å². The Morgan fingerprint density at radius 2 is 0.500 bits per heavy atom. The number of carbonyl (C=O) groups is 2. The van der Waals surface area contributed by atoms with Crippen LogP contribution < -0.4 is 0 Å². The first-order valence-corrected chi connectivity index (χ1v) is 13.3. The summed E-state index contributed by atoms with van der Waals surface area (Å²) in [5.74, 6) is 24.2. The van der Waals surface area contributed by atoms with Gasteiger partial charge in [-0.2, -0.15) is 0 Å². The van der Waals surface area contributed by atoms with Gasteiger partial charge in [-0.25, -0.2) is 0 Å². The molecule has 5 aromatic rings. The lowest BCUT2D eigenvalue weighted by Gasteiger charge is -2.02. The van der Waals surface area contributed by atoms with Crippen LogP contribution in [-0.2, 0) is 0 Å². The van der Waals surface area contributed by atoms with E-state index >= 15 is 0 Å². The van der Waals surface area contributed by atoms with Crippen molar-refractivity contribution in [3.05, 3.63) is 177 Å². The summed E-state index contributed by atoms with van der Waals surface area (Å²) in [6.45, 7) is 0. The molecule has 192 valence electrons. The molecule has 0 amide bonds. The van der Waals surface area contributed by atoms with Gasteiger partial charge in [-0.15, -0.1) is 0 Å². The normalized spacial score (nSPS) is 11.4. The molecular weight excluding hydrogens is 512 g/mol. The first-order chi connectivity index (χ1) is 20.6. The molecule has 0 fully saturated rings. The second-order valence-electron chi connectivity index (χ2n) is 9.56. The van der Waals surface area contributed by atoms with Crippen molar-refractivity contribution in [3.8, 4) is 47.4 Å². The van der Waals surface area contributed by atoms with Crippen LogP contribution in [0.3, 0.4) is 0 Å². The maximum Gasteiger partial charge on any atom is 0.233 e. The maximum absolute atomic E-state index is 13.1. The molecule has 2 heteroatoms. The van der Waals surface area contributed by atoms with Crippen LogP contribution in [0.2, 0.25) is 0 Å². The van der Waals surface area contributed by atoms with Gasteiger partial charge >= 0.3 is 0 Å². The van der Waals surface area contributed by atoms with E-state index in [1.54, 1.807) is 36.4 Å². The molecule has 5 aromatic carbocycles. The lowest BCUT2D eigenvalue weighted by molar-refractivity contribution is 0.0817. The monoisotopic (exact) mass is 532 g/mol. The smallest absolute Gasteiger partial charge is 0.233 e. The molecule has 0 atom stereocenters. The molecule has 1 aliphatic carbocycles. The lowest BCUT2D eigenvalue weighted by atomic mass is 9.98. The zero-order chi connectivity index (χ0) is 28.7. The topological polar surface area (TPSA) is 34.1 Å². The van der Waals surface area contributed by atoms with Crippen LogP contribution in [0.25, 0.3) is 0 Å². The summed E-state index contributed by atoms with van der Waals surface area (Å²) < 4.78 is 0. The molecule has 2 nitrogen and oxygen atoms in total. The fraction of sp³-hybridized carbons (Fsp3) is 0. The molecule has 0 aliphatic heterocycles. The molecule has 10 bridgehead atoms. The lowest BCUT2D eigenvalue weighted by Crippen LogP contribution is -2.14. The van der Waals surface area contributed by atoms with E-state index in [9.17, 15) is 9.59 Å². The van der Waals surface area contributed by atoms with Gasteiger partial charge in [0, 0.05) is 55.6 Å². The van der Waals surface area contributed by atoms with Gasteiger partial charge in [-0.1, -0.05) is 89.8 Å². The zero-order valence-electron chi connectivity index (χ0n) is 22.4. The van der Waals surface area contributed by atoms with Crippen molar-refractivity contribution in [1.29, 1.82) is 0 Å². The fourth-order valence-corrected chi connectivity index (χ4v) is 4.34. The highest BCUT2D eigenvalue weighted by atomic mass is 16.2. The van der Waals surface area contributed by atoms with Crippen molar-refractivity contribution in [1.82, 2.24) is 0 Å². The Labute approximate surface area is 245 Å². The third-order valence-corrected chi connectivity index (χ3v) is 6.45. The minimum atomic E-state index is -0.596. The van der Waals surface area contributed by atoms with Gasteiger partial charge in [0.05, 0.1) is 0 Å². The van der Waals surface area contributed by atoms with Gasteiger partial charge < -0.3 is 0 Å². The Morgan fingerprint density at radius 1 is 0.286 bits per heavy atom. The van der Waals surface area contributed by atoms with Gasteiger partial charge in [0.2, 0.25) is 11.6 Å². The minimum Gasteiger partial charge on any atom is -0.285 e. The molecule has 0 aromatic heterocycles. The number of fused-ring (bicyclic) bond motifs is 10. The third-order valence-electron chi connectivity index (χ3n) is 6.45. The predicted octanol–water partition coefficient (Wildman–Crippen LogP) is 6.66. The highest BCUT2D eigenvalue weighted by Crippen LogP contribution is 2.13. The number of carbonyl (C=O) groups excluding carboxylic acids is 2. The van der Waals surface area contributed by atoms with Gasteiger partial charge in [0.1, 0.15) is 0 Å². The molecule has 0 saturated heterocycles. The van der Waals surface area contributed by atoms with Crippen molar-refractivity contribution in [2.75, 3.05) is 0 Å². The summed E-state index contributed by atoms with van der Waals surface area (Å²) in [5.41, 5.74) is 6.81. The SMILES string of the molecule is O=C1C(=O)c2cccc(c2)C#Cc2cccc(c2)C#Cc2cccc(c2)C#Cc2cccc(c2)C#Cc2cccc1c2. The molecule has 42 heavy (non-hydrogen) atoms. The second-order valence-corrected chi connectivity index (χ2v) is 9.56. The maximum atomic E-state index is 13.1. The first kappa shape index (κ1) is 25.9. The van der Waals surface area contributed by atoms with Crippen LogP contribution in [0, 0.1) is 47.4 Å². The van der Waals surface area contributed by atoms with Gasteiger partial charge in [0.25, 0.3) is 0 Å². The molecule has 0 saturated carbocycles. The van der Waals surface area contributed by atoms with Crippen molar-refractivity contribution in [2.24, 2.45) is 0 Å². The summed E-state index contributed by atoms with van der Waals surface area (Å²) in [7, 11) is 0.